The van der Waals surface area contributed by atoms with Crippen LogP contribution in [0, 0.1) is 6.92 Å². The summed E-state index contributed by atoms with van der Waals surface area (Å²) < 4.78 is 86.2. The second-order valence-electron chi connectivity index (χ2n) is 8.57. The molecule has 0 fully saturated rings. The highest BCUT2D eigenvalue weighted by Gasteiger charge is 2.37. The lowest BCUT2D eigenvalue weighted by molar-refractivity contribution is -0.143. The third-order valence-corrected chi connectivity index (χ3v) is 6.45. The minimum Gasteiger partial charge on any atom is -0.494 e. The number of ether oxygens (including phenoxy) is 1. The van der Waals surface area contributed by atoms with Gasteiger partial charge in [0.25, 0.3) is 0 Å². The fraction of sp³-hybridized carbons (Fsp3) is 0.222. The van der Waals surface area contributed by atoms with Crippen molar-refractivity contribution in [1.29, 1.82) is 0 Å². The molecular formula is C27H22F6N4O2S. The van der Waals surface area contributed by atoms with Crippen LogP contribution in [-0.4, -0.2) is 33.0 Å². The van der Waals surface area contributed by atoms with Crippen LogP contribution in [-0.2, 0) is 17.1 Å². The van der Waals surface area contributed by atoms with E-state index >= 15 is 0 Å². The molecular weight excluding hydrogens is 558 g/mol. The molecule has 0 radical (unpaired) electrons. The zero-order valence-corrected chi connectivity index (χ0v) is 21.9. The Labute approximate surface area is 229 Å². The van der Waals surface area contributed by atoms with Gasteiger partial charge in [-0.2, -0.15) is 26.3 Å². The highest BCUT2D eigenvalue weighted by Crippen LogP contribution is 2.38. The number of aromatic nitrogens is 3. The monoisotopic (exact) mass is 580 g/mol. The van der Waals surface area contributed by atoms with Crippen LogP contribution in [0.15, 0.2) is 71.9 Å². The zero-order valence-electron chi connectivity index (χ0n) is 21.1. The van der Waals surface area contributed by atoms with Crippen LogP contribution >= 0.6 is 11.8 Å². The van der Waals surface area contributed by atoms with Crippen LogP contribution in [0.3, 0.4) is 0 Å². The minimum atomic E-state index is -5.03. The van der Waals surface area contributed by atoms with Crippen molar-refractivity contribution in [1.82, 2.24) is 14.8 Å². The Morgan fingerprint density at radius 1 is 0.925 bits per heavy atom. The van der Waals surface area contributed by atoms with Gasteiger partial charge in [-0.1, -0.05) is 35.5 Å². The molecule has 6 nitrogen and oxygen atoms in total. The SMILES string of the molecule is CCOc1ccc(-n2c(SCC(=O)Nc3cc(C(F)(F)F)cc(C(F)(F)F)c3)nnc2-c2cccc(C)c2)cc1. The Balaban J connectivity index is 1.61. The molecule has 4 rings (SSSR count). The van der Waals surface area contributed by atoms with E-state index in [4.69, 9.17) is 4.74 Å². The largest absolute Gasteiger partial charge is 0.494 e. The van der Waals surface area contributed by atoms with Crippen molar-refractivity contribution in [2.24, 2.45) is 0 Å². The summed E-state index contributed by atoms with van der Waals surface area (Å²) in [6.45, 7) is 4.25. The van der Waals surface area contributed by atoms with E-state index in [2.05, 4.69) is 15.5 Å². The lowest BCUT2D eigenvalue weighted by Gasteiger charge is -2.15. The zero-order chi connectivity index (χ0) is 29.1. The van der Waals surface area contributed by atoms with Crippen LogP contribution in [0.1, 0.15) is 23.6 Å². The fourth-order valence-corrected chi connectivity index (χ4v) is 4.53. The standard InChI is InChI=1S/C27H22F6N4O2S/c1-3-39-22-9-7-21(8-10-22)37-24(17-6-4-5-16(2)11-17)35-36-25(37)40-15-23(38)34-20-13-18(26(28,29)30)12-19(14-20)27(31,32)33/h4-14H,3,15H2,1-2H3,(H,34,38). The predicted molar refractivity (Wildman–Crippen MR) is 139 cm³/mol. The first-order valence-corrected chi connectivity index (χ1v) is 12.8. The van der Waals surface area contributed by atoms with Crippen molar-refractivity contribution in [2.75, 3.05) is 17.7 Å². The normalized spacial score (nSPS) is 11.9. The van der Waals surface area contributed by atoms with E-state index < -0.39 is 35.1 Å². The number of amides is 1. The second-order valence-corrected chi connectivity index (χ2v) is 9.51. The van der Waals surface area contributed by atoms with E-state index in [0.717, 1.165) is 22.9 Å². The van der Waals surface area contributed by atoms with E-state index in [1.165, 1.54) is 0 Å². The van der Waals surface area contributed by atoms with Gasteiger partial charge >= 0.3 is 12.4 Å². The molecule has 1 heterocycles. The van der Waals surface area contributed by atoms with E-state index in [0.29, 0.717) is 36.0 Å². The average molecular weight is 581 g/mol. The summed E-state index contributed by atoms with van der Waals surface area (Å²) in [6, 6.07) is 15.5. The Kier molecular flexibility index (Phi) is 8.43. The van der Waals surface area contributed by atoms with Gasteiger partial charge in [0.1, 0.15) is 5.75 Å². The number of aryl methyl sites for hydroxylation is 1. The summed E-state index contributed by atoms with van der Waals surface area (Å²) in [4.78, 5) is 12.6. The van der Waals surface area contributed by atoms with Crippen LogP contribution in [0.25, 0.3) is 17.1 Å². The molecule has 40 heavy (non-hydrogen) atoms. The highest BCUT2D eigenvalue weighted by molar-refractivity contribution is 7.99. The molecule has 0 saturated heterocycles. The van der Waals surface area contributed by atoms with E-state index in [1.54, 1.807) is 28.8 Å². The van der Waals surface area contributed by atoms with Gasteiger partial charge in [0.05, 0.1) is 23.5 Å². The molecule has 0 aliphatic heterocycles. The number of carbonyl (C=O) groups excluding carboxylic acids is 1. The number of halogens is 6. The molecule has 1 aromatic heterocycles. The number of rotatable bonds is 8. The van der Waals surface area contributed by atoms with Gasteiger partial charge in [0.2, 0.25) is 5.91 Å². The summed E-state index contributed by atoms with van der Waals surface area (Å²) >= 11 is 0.924. The molecule has 0 unspecified atom stereocenters. The van der Waals surface area contributed by atoms with Crippen molar-refractivity contribution in [3.63, 3.8) is 0 Å². The maximum absolute atomic E-state index is 13.2. The van der Waals surface area contributed by atoms with Crippen molar-refractivity contribution >= 4 is 23.4 Å². The first kappa shape index (κ1) is 29.0. The van der Waals surface area contributed by atoms with Crippen molar-refractivity contribution in [3.05, 3.63) is 83.4 Å². The number of carbonyl (C=O) groups is 1. The molecule has 1 amide bonds. The van der Waals surface area contributed by atoms with Crippen LogP contribution in [0.5, 0.6) is 5.75 Å². The topological polar surface area (TPSA) is 69.0 Å². The van der Waals surface area contributed by atoms with E-state index in [1.807, 2.05) is 38.1 Å². The van der Waals surface area contributed by atoms with Gasteiger partial charge < -0.3 is 10.1 Å². The number of nitrogens with zero attached hydrogens (tertiary/aromatic N) is 3. The van der Waals surface area contributed by atoms with Crippen molar-refractivity contribution in [3.8, 4) is 22.8 Å². The van der Waals surface area contributed by atoms with E-state index in [-0.39, 0.29) is 17.0 Å². The third kappa shape index (κ3) is 6.95. The van der Waals surface area contributed by atoms with Gasteiger partial charge in [0.15, 0.2) is 11.0 Å². The molecule has 0 atom stereocenters. The van der Waals surface area contributed by atoms with Gasteiger partial charge in [-0.15, -0.1) is 10.2 Å². The number of alkyl halides is 6. The molecule has 0 bridgehead atoms. The lowest BCUT2D eigenvalue weighted by Crippen LogP contribution is -2.17. The number of nitrogens with one attached hydrogen (secondary N) is 1. The molecule has 210 valence electrons. The van der Waals surface area contributed by atoms with Crippen LogP contribution in [0.4, 0.5) is 32.0 Å². The number of hydrogen-bond acceptors (Lipinski definition) is 5. The fourth-order valence-electron chi connectivity index (χ4n) is 3.78. The quantitative estimate of drug-likeness (QED) is 0.174. The molecule has 13 heteroatoms. The molecule has 0 aliphatic carbocycles. The van der Waals surface area contributed by atoms with Crippen LogP contribution < -0.4 is 10.1 Å². The average Bonchev–Trinajstić information content (AvgIpc) is 3.31. The molecule has 4 aromatic rings. The first-order chi connectivity index (χ1) is 18.8. The number of hydrogen-bond donors (Lipinski definition) is 1. The summed E-state index contributed by atoms with van der Waals surface area (Å²) in [5, 5.41) is 10.9. The van der Waals surface area contributed by atoms with Gasteiger partial charge in [-0.3, -0.25) is 9.36 Å². The van der Waals surface area contributed by atoms with E-state index in [9.17, 15) is 31.1 Å². The Morgan fingerprint density at radius 3 is 2.15 bits per heavy atom. The third-order valence-electron chi connectivity index (χ3n) is 5.52. The number of thioether (sulfide) groups is 1. The van der Waals surface area contributed by atoms with Crippen molar-refractivity contribution < 1.29 is 35.9 Å². The van der Waals surface area contributed by atoms with Gasteiger partial charge in [-0.25, -0.2) is 0 Å². The molecule has 1 N–H and O–H groups in total. The minimum absolute atomic E-state index is 0.00344. The van der Waals surface area contributed by atoms with Crippen molar-refractivity contribution in [2.45, 2.75) is 31.4 Å². The second kappa shape index (κ2) is 11.6. The Hall–Kier alpha value is -4.00. The van der Waals surface area contributed by atoms with Crippen LogP contribution in [0.2, 0.25) is 0 Å². The summed E-state index contributed by atoms with van der Waals surface area (Å²) in [5.41, 5.74) is -1.29. The van der Waals surface area contributed by atoms with Gasteiger partial charge in [-0.05, 0) is 62.4 Å². The maximum atomic E-state index is 13.2. The molecule has 3 aromatic carbocycles. The summed E-state index contributed by atoms with van der Waals surface area (Å²) in [7, 11) is 0. The molecule has 0 spiro atoms. The number of anilines is 1. The molecule has 0 aliphatic rings. The summed E-state index contributed by atoms with van der Waals surface area (Å²) in [6.07, 6.45) is -10.1. The first-order valence-electron chi connectivity index (χ1n) is 11.8. The number of benzene rings is 3. The Morgan fingerprint density at radius 2 is 1.57 bits per heavy atom. The van der Waals surface area contributed by atoms with Gasteiger partial charge in [0, 0.05) is 16.9 Å². The molecule has 0 saturated carbocycles. The maximum Gasteiger partial charge on any atom is 0.416 e. The highest BCUT2D eigenvalue weighted by atomic mass is 32.2. The predicted octanol–water partition coefficient (Wildman–Crippen LogP) is 7.41. The smallest absolute Gasteiger partial charge is 0.416 e. The summed E-state index contributed by atoms with van der Waals surface area (Å²) in [5.74, 6) is -0.0656. The Bertz CT molecular complexity index is 1470. The lowest BCUT2D eigenvalue weighted by atomic mass is 10.1.